The van der Waals surface area contributed by atoms with Gasteiger partial charge in [0.15, 0.2) is 5.82 Å². The van der Waals surface area contributed by atoms with E-state index in [-0.39, 0.29) is 25.4 Å². The molecule has 48 heavy (non-hydrogen) atoms. The van der Waals surface area contributed by atoms with E-state index >= 15 is 0 Å². The Hall–Kier alpha value is -4.63. The zero-order chi connectivity index (χ0) is 35.2. The third kappa shape index (κ3) is 6.97. The highest BCUT2D eigenvalue weighted by molar-refractivity contribution is 5.96. The van der Waals surface area contributed by atoms with Gasteiger partial charge in [-0.2, -0.15) is 0 Å². The lowest BCUT2D eigenvalue weighted by Gasteiger charge is -2.35. The van der Waals surface area contributed by atoms with Crippen LogP contribution in [0.25, 0.3) is 11.8 Å². The maximum atomic E-state index is 14.3. The third-order valence-corrected chi connectivity index (χ3v) is 9.12. The fourth-order valence-corrected chi connectivity index (χ4v) is 6.12. The Morgan fingerprint density at radius 1 is 1.23 bits per heavy atom. The molecule has 14 nitrogen and oxygen atoms in total. The van der Waals surface area contributed by atoms with Crippen molar-refractivity contribution in [3.8, 4) is 11.4 Å². The SMILES string of the molecule is COc1ccc2c(c1)/C=C/CC(C)(C)COC(=O)N[C@@H](C(C)(C)C)C(=O)N1C[C@@H](C[C@H]1C(=O)N[C@@]1(C(=O)O)C[C@H]1C(F)F)c1nnn-2n1. The highest BCUT2D eigenvalue weighted by Gasteiger charge is 2.66. The van der Waals surface area contributed by atoms with Crippen LogP contribution >= 0.6 is 0 Å². The smallest absolute Gasteiger partial charge is 0.407 e. The second-order valence-electron chi connectivity index (χ2n) is 14.5. The topological polar surface area (TPSA) is 178 Å². The molecule has 3 N–H and O–H groups in total. The number of carboxylic acids is 1. The summed E-state index contributed by atoms with van der Waals surface area (Å²) in [5.41, 5.74) is -2.23. The first-order chi connectivity index (χ1) is 22.5. The molecular weight excluding hydrogens is 632 g/mol. The predicted octanol–water partition coefficient (Wildman–Crippen LogP) is 3.16. The summed E-state index contributed by atoms with van der Waals surface area (Å²) in [5.74, 6) is -4.54. The molecule has 2 aliphatic heterocycles. The van der Waals surface area contributed by atoms with Crippen molar-refractivity contribution in [2.45, 2.75) is 83.8 Å². The van der Waals surface area contributed by atoms with Gasteiger partial charge in [-0.15, -0.1) is 15.0 Å². The number of benzene rings is 1. The van der Waals surface area contributed by atoms with Crippen LogP contribution < -0.4 is 15.4 Å². The number of halogens is 2. The van der Waals surface area contributed by atoms with Crippen molar-refractivity contribution in [3.05, 3.63) is 35.7 Å². The molecule has 2 fully saturated rings. The highest BCUT2D eigenvalue weighted by Crippen LogP contribution is 2.48. The lowest BCUT2D eigenvalue weighted by atomic mass is 9.85. The molecule has 0 unspecified atom stereocenters. The van der Waals surface area contributed by atoms with E-state index in [4.69, 9.17) is 9.47 Å². The van der Waals surface area contributed by atoms with E-state index < -0.39 is 77.0 Å². The number of allylic oxidation sites excluding steroid dienone is 1. The molecule has 4 bridgehead atoms. The van der Waals surface area contributed by atoms with E-state index in [1.54, 1.807) is 46.1 Å². The molecule has 1 saturated carbocycles. The number of hydrogen-bond acceptors (Lipinski definition) is 9. The Bertz CT molecular complexity index is 1620. The van der Waals surface area contributed by atoms with Crippen molar-refractivity contribution in [1.29, 1.82) is 0 Å². The van der Waals surface area contributed by atoms with Gasteiger partial charge in [0.25, 0.3) is 0 Å². The number of cyclic esters (lactones) is 1. The average molecular weight is 674 g/mol. The number of carbonyl (C=O) groups is 4. The Kier molecular flexibility index (Phi) is 9.23. The van der Waals surface area contributed by atoms with Gasteiger partial charge < -0.3 is 30.1 Å². The fourth-order valence-electron chi connectivity index (χ4n) is 6.12. The molecule has 3 amide bonds. The zero-order valence-corrected chi connectivity index (χ0v) is 27.7. The molecule has 0 spiro atoms. The maximum Gasteiger partial charge on any atom is 0.407 e. The van der Waals surface area contributed by atoms with Crippen LogP contribution in [0.15, 0.2) is 24.3 Å². The Labute approximate surface area is 276 Å². The number of aromatic nitrogens is 4. The standard InChI is InChI=1S/C32H41F2N7O7/c1-30(2,3)23-27(43)40-15-18(13-22(40)26(42)36-32(28(44)45)14-20(32)24(33)34)25-37-39-41(38-25)21-10-9-19(47-6)12-17(21)8-7-11-31(4,5)16-48-29(46)35-23/h7-10,12,18,20,22-24H,11,13-16H2,1-6H3,(H,35,46)(H,36,42)(H,44,45)/b8-7+/t18-,20+,22+,23-,32+/m1/s1. The van der Waals surface area contributed by atoms with Gasteiger partial charge >= 0.3 is 12.1 Å². The summed E-state index contributed by atoms with van der Waals surface area (Å²) >= 11 is 0. The van der Waals surface area contributed by atoms with E-state index in [0.29, 0.717) is 23.4 Å². The monoisotopic (exact) mass is 673 g/mol. The average Bonchev–Trinajstić information content (AvgIpc) is 3.33. The van der Waals surface area contributed by atoms with Crippen LogP contribution in [-0.2, 0) is 19.1 Å². The van der Waals surface area contributed by atoms with Crippen LogP contribution in [0.1, 0.15) is 71.2 Å². The first-order valence-electron chi connectivity index (χ1n) is 15.7. The largest absolute Gasteiger partial charge is 0.497 e. The van der Waals surface area contributed by atoms with Gasteiger partial charge in [-0.3, -0.25) is 9.59 Å². The molecule has 1 aromatic heterocycles. The lowest BCUT2D eigenvalue weighted by molar-refractivity contribution is -0.147. The van der Waals surface area contributed by atoms with Gasteiger partial charge in [-0.1, -0.05) is 46.8 Å². The van der Waals surface area contributed by atoms with E-state index in [1.165, 1.54) is 9.70 Å². The number of rotatable bonds is 5. The van der Waals surface area contributed by atoms with Gasteiger partial charge in [0.05, 0.1) is 25.3 Å². The Morgan fingerprint density at radius 3 is 2.58 bits per heavy atom. The zero-order valence-electron chi connectivity index (χ0n) is 27.7. The summed E-state index contributed by atoms with van der Waals surface area (Å²) in [6.07, 6.45) is 0.0329. The predicted molar refractivity (Wildman–Crippen MR) is 166 cm³/mol. The van der Waals surface area contributed by atoms with E-state index in [1.807, 2.05) is 26.0 Å². The van der Waals surface area contributed by atoms with Gasteiger partial charge in [0.1, 0.15) is 23.4 Å². The highest BCUT2D eigenvalue weighted by atomic mass is 19.3. The van der Waals surface area contributed by atoms with Crippen molar-refractivity contribution in [3.63, 3.8) is 0 Å². The van der Waals surface area contributed by atoms with Crippen molar-refractivity contribution >= 4 is 30.0 Å². The maximum absolute atomic E-state index is 14.3. The van der Waals surface area contributed by atoms with Gasteiger partial charge in [-0.25, -0.2) is 18.4 Å². The third-order valence-electron chi connectivity index (χ3n) is 9.12. The molecule has 3 aliphatic rings. The minimum atomic E-state index is -2.96. The first kappa shape index (κ1) is 34.7. The number of aliphatic carboxylic acids is 1. The van der Waals surface area contributed by atoms with Crippen LogP contribution in [-0.4, -0.2) is 98.4 Å². The molecule has 0 radical (unpaired) electrons. The molecule has 5 atom stereocenters. The molecule has 1 aromatic carbocycles. The van der Waals surface area contributed by atoms with Crippen molar-refractivity contribution in [1.82, 2.24) is 35.7 Å². The number of alkyl carbamates (subject to hydrolysis) is 1. The van der Waals surface area contributed by atoms with Crippen LogP contribution in [0.5, 0.6) is 5.75 Å². The van der Waals surface area contributed by atoms with Crippen molar-refractivity contribution in [2.75, 3.05) is 20.3 Å². The number of tetrazole rings is 1. The number of fused-ring (bicyclic) bond motifs is 7. The number of carbonyl (C=O) groups excluding carboxylic acids is 3. The Morgan fingerprint density at radius 2 is 1.96 bits per heavy atom. The van der Waals surface area contributed by atoms with Crippen LogP contribution in [0, 0.1) is 16.7 Å². The molecular formula is C32H41F2N7O7. The normalized spacial score (nSPS) is 28.0. The van der Waals surface area contributed by atoms with Crippen LogP contribution in [0.3, 0.4) is 0 Å². The number of carboxylic acid groups (broad SMARTS) is 1. The minimum absolute atomic E-state index is 0.0204. The molecule has 1 aliphatic carbocycles. The molecule has 3 heterocycles. The van der Waals surface area contributed by atoms with Crippen LogP contribution in [0.4, 0.5) is 13.6 Å². The number of nitrogens with zero attached hydrogens (tertiary/aromatic N) is 5. The van der Waals surface area contributed by atoms with Crippen molar-refractivity contribution in [2.24, 2.45) is 16.7 Å². The number of ether oxygens (including phenoxy) is 2. The summed E-state index contributed by atoms with van der Waals surface area (Å²) < 4.78 is 38.1. The van der Waals surface area contributed by atoms with Crippen LogP contribution in [0.2, 0.25) is 0 Å². The van der Waals surface area contributed by atoms with Gasteiger partial charge in [-0.05, 0) is 48.1 Å². The second kappa shape index (κ2) is 12.8. The summed E-state index contributed by atoms with van der Waals surface area (Å²) in [7, 11) is 1.54. The quantitative estimate of drug-likeness (QED) is 0.427. The minimum Gasteiger partial charge on any atom is -0.497 e. The second-order valence-corrected chi connectivity index (χ2v) is 14.5. The summed E-state index contributed by atoms with van der Waals surface area (Å²) in [4.78, 5) is 55.7. The Balaban J connectivity index is 1.56. The molecule has 2 aromatic rings. The first-order valence-corrected chi connectivity index (χ1v) is 15.7. The van der Waals surface area contributed by atoms with E-state index in [2.05, 4.69) is 26.0 Å². The summed E-state index contributed by atoms with van der Waals surface area (Å²) in [6, 6.07) is 2.85. The molecule has 5 rings (SSSR count). The van der Waals surface area contributed by atoms with Gasteiger partial charge in [0.2, 0.25) is 18.2 Å². The van der Waals surface area contributed by atoms with E-state index in [9.17, 15) is 33.1 Å². The molecule has 16 heteroatoms. The van der Waals surface area contributed by atoms with E-state index in [0.717, 1.165) is 0 Å². The van der Waals surface area contributed by atoms with Crippen molar-refractivity contribution < 1.29 is 42.5 Å². The van der Waals surface area contributed by atoms with Gasteiger partial charge in [0, 0.05) is 23.4 Å². The molecule has 260 valence electrons. The lowest BCUT2D eigenvalue weighted by Crippen LogP contribution is -2.59. The summed E-state index contributed by atoms with van der Waals surface area (Å²) in [5, 5.41) is 27.8. The number of methoxy groups -OCH3 is 1. The number of hydrogen-bond donors (Lipinski definition) is 3. The molecule has 1 saturated heterocycles. The number of alkyl halides is 2. The summed E-state index contributed by atoms with van der Waals surface area (Å²) in [6.45, 7) is 8.96. The number of nitrogens with one attached hydrogen (secondary N) is 2. The number of amides is 3. The fraction of sp³-hybridized carbons (Fsp3) is 0.594.